The van der Waals surface area contributed by atoms with Crippen molar-refractivity contribution in [2.75, 3.05) is 19.7 Å². The highest BCUT2D eigenvalue weighted by molar-refractivity contribution is 5.81. The lowest BCUT2D eigenvalue weighted by molar-refractivity contribution is 0.340. The molecular formula is C18H28N2O. The molecule has 0 atom stereocenters. The highest BCUT2D eigenvalue weighted by Gasteiger charge is 2.08. The molecule has 3 heteroatoms. The summed E-state index contributed by atoms with van der Waals surface area (Å²) in [5.41, 5.74) is 1.68. The fraction of sp³-hybridized carbons (Fsp3) is 0.556. The number of rotatable bonds is 7. The molecule has 0 radical (unpaired) electrons. The van der Waals surface area contributed by atoms with Crippen LogP contribution in [0.3, 0.4) is 0 Å². The summed E-state index contributed by atoms with van der Waals surface area (Å²) in [6.07, 6.45) is 3.36. The Bertz CT molecular complexity index is 566. The summed E-state index contributed by atoms with van der Waals surface area (Å²) in [7, 11) is 0. The van der Waals surface area contributed by atoms with Gasteiger partial charge in [-0.05, 0) is 49.6 Å². The number of aromatic nitrogens is 1. The van der Waals surface area contributed by atoms with Crippen LogP contribution in [0.25, 0.3) is 10.9 Å². The lowest BCUT2D eigenvalue weighted by Crippen LogP contribution is -2.24. The predicted molar refractivity (Wildman–Crippen MR) is 90.0 cm³/mol. The minimum atomic E-state index is 0.406. The van der Waals surface area contributed by atoms with Crippen LogP contribution in [0.1, 0.15) is 34.1 Å². The van der Waals surface area contributed by atoms with Crippen molar-refractivity contribution in [3.05, 3.63) is 30.5 Å². The van der Waals surface area contributed by atoms with E-state index in [1.165, 1.54) is 17.3 Å². The van der Waals surface area contributed by atoms with Crippen molar-refractivity contribution in [2.24, 2.45) is 5.41 Å². The summed E-state index contributed by atoms with van der Waals surface area (Å²) in [6.45, 7) is 12.7. The van der Waals surface area contributed by atoms with Gasteiger partial charge in [0.05, 0.1) is 6.61 Å². The molecule has 1 heterocycles. The molecule has 0 bridgehead atoms. The zero-order valence-corrected chi connectivity index (χ0v) is 13.8. The Hall–Kier alpha value is -1.48. The van der Waals surface area contributed by atoms with Crippen molar-refractivity contribution in [1.82, 2.24) is 9.88 Å². The molecule has 0 fully saturated rings. The highest BCUT2D eigenvalue weighted by Crippen LogP contribution is 2.22. The van der Waals surface area contributed by atoms with E-state index in [9.17, 15) is 0 Å². The number of fused-ring (bicyclic) bond motifs is 1. The van der Waals surface area contributed by atoms with E-state index in [2.05, 4.69) is 61.1 Å². The number of nitrogens with one attached hydrogen (secondary N) is 1. The Kier molecular flexibility index (Phi) is 5.29. The quantitative estimate of drug-likeness (QED) is 0.777. The van der Waals surface area contributed by atoms with Crippen molar-refractivity contribution >= 4 is 10.9 Å². The number of benzene rings is 1. The molecule has 3 nitrogen and oxygen atoms in total. The number of nitrogens with zero attached hydrogens (tertiary/aromatic N) is 1. The van der Waals surface area contributed by atoms with E-state index in [-0.39, 0.29) is 0 Å². The average Bonchev–Trinajstić information content (AvgIpc) is 2.80. The smallest absolute Gasteiger partial charge is 0.120 e. The molecule has 0 amide bonds. The van der Waals surface area contributed by atoms with E-state index in [0.717, 1.165) is 25.4 Å². The standard InChI is InChI=1S/C18H28N2O/c1-5-21-16-6-7-17-15(14-16)8-12-20(17)13-11-19-10-9-18(2,3)4/h6-8,12,14,19H,5,9-11,13H2,1-4H3. The van der Waals surface area contributed by atoms with Gasteiger partial charge in [0, 0.05) is 30.2 Å². The molecule has 1 aromatic carbocycles. The fourth-order valence-corrected chi connectivity index (χ4v) is 2.42. The summed E-state index contributed by atoms with van der Waals surface area (Å²) in [5.74, 6) is 0.950. The second kappa shape index (κ2) is 6.99. The van der Waals surface area contributed by atoms with E-state index in [0.29, 0.717) is 12.0 Å². The van der Waals surface area contributed by atoms with Gasteiger partial charge in [-0.15, -0.1) is 0 Å². The maximum Gasteiger partial charge on any atom is 0.120 e. The molecule has 0 saturated carbocycles. The third-order valence-electron chi connectivity index (χ3n) is 3.63. The van der Waals surface area contributed by atoms with Crippen LogP contribution in [0.15, 0.2) is 30.5 Å². The van der Waals surface area contributed by atoms with Crippen molar-refractivity contribution in [2.45, 2.75) is 40.7 Å². The van der Waals surface area contributed by atoms with Gasteiger partial charge >= 0.3 is 0 Å². The van der Waals surface area contributed by atoms with Gasteiger partial charge < -0.3 is 14.6 Å². The third kappa shape index (κ3) is 4.78. The monoisotopic (exact) mass is 288 g/mol. The first-order valence-corrected chi connectivity index (χ1v) is 7.92. The van der Waals surface area contributed by atoms with Crippen LogP contribution in [-0.2, 0) is 6.54 Å². The van der Waals surface area contributed by atoms with Crippen LogP contribution in [-0.4, -0.2) is 24.3 Å². The van der Waals surface area contributed by atoms with Crippen molar-refractivity contribution in [1.29, 1.82) is 0 Å². The minimum absolute atomic E-state index is 0.406. The highest BCUT2D eigenvalue weighted by atomic mass is 16.5. The van der Waals surface area contributed by atoms with E-state index in [1.54, 1.807) is 0 Å². The summed E-state index contributed by atoms with van der Waals surface area (Å²) < 4.78 is 7.85. The van der Waals surface area contributed by atoms with Crippen LogP contribution in [0.5, 0.6) is 5.75 Å². The topological polar surface area (TPSA) is 26.2 Å². The lowest BCUT2D eigenvalue weighted by atomic mass is 9.92. The van der Waals surface area contributed by atoms with Crippen molar-refractivity contribution in [3.63, 3.8) is 0 Å². The number of hydrogen-bond acceptors (Lipinski definition) is 2. The SMILES string of the molecule is CCOc1ccc2c(ccn2CCNCCC(C)(C)C)c1. The molecule has 0 aliphatic rings. The van der Waals surface area contributed by atoms with E-state index in [1.807, 2.05) is 6.92 Å². The zero-order chi connectivity index (χ0) is 15.3. The Balaban J connectivity index is 1.88. The normalized spacial score (nSPS) is 12.0. The molecule has 1 aromatic heterocycles. The molecule has 21 heavy (non-hydrogen) atoms. The molecule has 2 rings (SSSR count). The van der Waals surface area contributed by atoms with Gasteiger partial charge in [-0.1, -0.05) is 20.8 Å². The van der Waals surface area contributed by atoms with Crippen LogP contribution < -0.4 is 10.1 Å². The van der Waals surface area contributed by atoms with Crippen molar-refractivity contribution in [3.8, 4) is 5.75 Å². The van der Waals surface area contributed by atoms with Gasteiger partial charge in [0.25, 0.3) is 0 Å². The van der Waals surface area contributed by atoms with Crippen LogP contribution in [0.2, 0.25) is 0 Å². The molecule has 0 spiro atoms. The first-order chi connectivity index (χ1) is 9.99. The second-order valence-electron chi connectivity index (χ2n) is 6.72. The fourth-order valence-electron chi connectivity index (χ4n) is 2.42. The van der Waals surface area contributed by atoms with Gasteiger partial charge in [-0.25, -0.2) is 0 Å². The molecule has 0 aliphatic heterocycles. The second-order valence-corrected chi connectivity index (χ2v) is 6.72. The predicted octanol–water partition coefficient (Wildman–Crippen LogP) is 4.07. The van der Waals surface area contributed by atoms with E-state index >= 15 is 0 Å². The van der Waals surface area contributed by atoms with Crippen LogP contribution in [0, 0.1) is 5.41 Å². The van der Waals surface area contributed by atoms with Crippen LogP contribution >= 0.6 is 0 Å². The van der Waals surface area contributed by atoms with E-state index in [4.69, 9.17) is 4.74 Å². The lowest BCUT2D eigenvalue weighted by Gasteiger charge is -2.18. The first kappa shape index (κ1) is 15.9. The van der Waals surface area contributed by atoms with Gasteiger partial charge in [0.1, 0.15) is 5.75 Å². The third-order valence-corrected chi connectivity index (χ3v) is 3.63. The molecule has 1 N–H and O–H groups in total. The summed E-state index contributed by atoms with van der Waals surface area (Å²) >= 11 is 0. The number of ether oxygens (including phenoxy) is 1. The largest absolute Gasteiger partial charge is 0.494 e. The Morgan fingerprint density at radius 1 is 1.14 bits per heavy atom. The maximum absolute atomic E-state index is 5.55. The van der Waals surface area contributed by atoms with Gasteiger partial charge in [0.15, 0.2) is 0 Å². The van der Waals surface area contributed by atoms with Crippen molar-refractivity contribution < 1.29 is 4.74 Å². The molecule has 0 saturated heterocycles. The van der Waals surface area contributed by atoms with Gasteiger partial charge in [-0.3, -0.25) is 0 Å². The molecular weight excluding hydrogens is 260 g/mol. The molecule has 0 unspecified atom stereocenters. The maximum atomic E-state index is 5.55. The average molecular weight is 288 g/mol. The van der Waals surface area contributed by atoms with Crippen LogP contribution in [0.4, 0.5) is 0 Å². The Morgan fingerprint density at radius 2 is 1.95 bits per heavy atom. The molecule has 116 valence electrons. The molecule has 2 aromatic rings. The summed E-state index contributed by atoms with van der Waals surface area (Å²) in [5, 5.41) is 4.78. The van der Waals surface area contributed by atoms with Gasteiger partial charge in [0.2, 0.25) is 0 Å². The zero-order valence-electron chi connectivity index (χ0n) is 13.8. The Morgan fingerprint density at radius 3 is 2.67 bits per heavy atom. The Labute approximate surface area is 128 Å². The van der Waals surface area contributed by atoms with E-state index < -0.39 is 0 Å². The summed E-state index contributed by atoms with van der Waals surface area (Å²) in [4.78, 5) is 0. The summed E-state index contributed by atoms with van der Waals surface area (Å²) in [6, 6.07) is 8.47. The minimum Gasteiger partial charge on any atom is -0.494 e. The number of hydrogen-bond donors (Lipinski definition) is 1. The van der Waals surface area contributed by atoms with Gasteiger partial charge in [-0.2, -0.15) is 0 Å². The molecule has 0 aliphatic carbocycles. The first-order valence-electron chi connectivity index (χ1n) is 7.92.